The van der Waals surface area contributed by atoms with Gasteiger partial charge < -0.3 is 15.4 Å². The van der Waals surface area contributed by atoms with Crippen LogP contribution in [0.15, 0.2) is 84.0 Å². The molecule has 2 aromatic carbocycles. The van der Waals surface area contributed by atoms with E-state index < -0.39 is 0 Å². The van der Waals surface area contributed by atoms with Crippen molar-refractivity contribution in [3.8, 4) is 0 Å². The third kappa shape index (κ3) is 7.59. The summed E-state index contributed by atoms with van der Waals surface area (Å²) in [5, 5.41) is 6.56. The highest BCUT2D eigenvalue weighted by Crippen LogP contribution is 2.10. The average Bonchev–Trinajstić information content (AvgIpc) is 2.82. The summed E-state index contributed by atoms with van der Waals surface area (Å²) in [6, 6.07) is 22.9. The summed E-state index contributed by atoms with van der Waals surface area (Å²) in [4.78, 5) is 21.4. The summed E-state index contributed by atoms with van der Waals surface area (Å²) in [7, 11) is 0. The van der Waals surface area contributed by atoms with Gasteiger partial charge in [0.1, 0.15) is 6.61 Å². The Morgan fingerprint density at radius 1 is 0.968 bits per heavy atom. The third-order valence-corrected chi connectivity index (χ3v) is 4.54. The monoisotopic (exact) mass is 416 g/mol. The van der Waals surface area contributed by atoms with Gasteiger partial charge in [-0.25, -0.2) is 9.79 Å². The summed E-state index contributed by atoms with van der Waals surface area (Å²) in [5.41, 5.74) is 3.46. The van der Waals surface area contributed by atoms with Crippen molar-refractivity contribution in [1.82, 2.24) is 15.6 Å². The zero-order chi connectivity index (χ0) is 21.7. The van der Waals surface area contributed by atoms with Gasteiger partial charge in [0.05, 0.1) is 12.1 Å². The fraction of sp³-hybridized carbons (Fsp3) is 0.240. The van der Waals surface area contributed by atoms with Crippen LogP contribution >= 0.6 is 0 Å². The first kappa shape index (κ1) is 22.0. The fourth-order valence-corrected chi connectivity index (χ4v) is 2.97. The zero-order valence-electron chi connectivity index (χ0n) is 17.8. The quantitative estimate of drug-likeness (QED) is 0.316. The summed E-state index contributed by atoms with van der Waals surface area (Å²) in [6.45, 7) is 4.24. The second-order valence-electron chi connectivity index (χ2n) is 6.96. The van der Waals surface area contributed by atoms with Crippen molar-refractivity contribution < 1.29 is 9.53 Å². The summed E-state index contributed by atoms with van der Waals surface area (Å²) in [5.74, 6) is 0.394. The van der Waals surface area contributed by atoms with E-state index in [1.807, 2.05) is 73.7 Å². The molecular weight excluding hydrogens is 388 g/mol. The van der Waals surface area contributed by atoms with Crippen LogP contribution in [0.3, 0.4) is 0 Å². The van der Waals surface area contributed by atoms with Crippen LogP contribution in [0.25, 0.3) is 0 Å². The number of rotatable bonds is 9. The van der Waals surface area contributed by atoms with Crippen molar-refractivity contribution in [3.05, 3.63) is 101 Å². The molecule has 2 N–H and O–H groups in total. The highest BCUT2D eigenvalue weighted by molar-refractivity contribution is 5.89. The van der Waals surface area contributed by atoms with Gasteiger partial charge >= 0.3 is 5.97 Å². The van der Waals surface area contributed by atoms with Crippen LogP contribution in [0.5, 0.6) is 0 Å². The van der Waals surface area contributed by atoms with Crippen molar-refractivity contribution in [2.24, 2.45) is 4.99 Å². The van der Waals surface area contributed by atoms with Gasteiger partial charge in [-0.3, -0.25) is 4.98 Å². The van der Waals surface area contributed by atoms with E-state index in [1.165, 1.54) is 0 Å². The van der Waals surface area contributed by atoms with Crippen molar-refractivity contribution in [2.75, 3.05) is 13.1 Å². The molecule has 1 heterocycles. The first-order chi connectivity index (χ1) is 15.2. The minimum Gasteiger partial charge on any atom is -0.457 e. The SMILES string of the molecule is CCNC(=NCc1cccc(C(=O)OCc2ccccc2)c1)NCCc1ccccn1. The Labute approximate surface area is 183 Å². The number of nitrogens with one attached hydrogen (secondary N) is 2. The molecule has 0 saturated carbocycles. The van der Waals surface area contributed by atoms with Crippen LogP contribution in [0.2, 0.25) is 0 Å². The molecule has 6 heteroatoms. The van der Waals surface area contributed by atoms with Gasteiger partial charge in [-0.05, 0) is 42.3 Å². The number of guanidine groups is 1. The number of pyridine rings is 1. The van der Waals surface area contributed by atoms with E-state index in [1.54, 1.807) is 12.3 Å². The molecule has 1 aromatic heterocycles. The maximum atomic E-state index is 12.4. The van der Waals surface area contributed by atoms with Gasteiger partial charge in [0.15, 0.2) is 5.96 Å². The molecule has 0 spiro atoms. The van der Waals surface area contributed by atoms with Crippen molar-refractivity contribution in [2.45, 2.75) is 26.5 Å². The van der Waals surface area contributed by atoms with E-state index >= 15 is 0 Å². The standard InChI is InChI=1S/C25H28N4O2/c1-2-26-25(28-16-14-23-13-6-7-15-27-23)29-18-21-11-8-12-22(17-21)24(30)31-19-20-9-4-3-5-10-20/h3-13,15,17H,2,14,16,18-19H2,1H3,(H2,26,28,29). The molecule has 0 unspecified atom stereocenters. The number of benzene rings is 2. The highest BCUT2D eigenvalue weighted by Gasteiger charge is 2.08. The average molecular weight is 417 g/mol. The lowest BCUT2D eigenvalue weighted by Crippen LogP contribution is -2.38. The number of aliphatic imine (C=N–C) groups is 1. The molecule has 0 atom stereocenters. The van der Waals surface area contributed by atoms with Crippen LogP contribution in [0.1, 0.15) is 34.1 Å². The molecule has 0 radical (unpaired) electrons. The molecule has 6 nitrogen and oxygen atoms in total. The van der Waals surface area contributed by atoms with E-state index in [4.69, 9.17) is 4.74 Å². The van der Waals surface area contributed by atoms with Gasteiger partial charge in [-0.15, -0.1) is 0 Å². The first-order valence-corrected chi connectivity index (χ1v) is 10.5. The minimum atomic E-state index is -0.338. The predicted molar refractivity (Wildman–Crippen MR) is 123 cm³/mol. The Morgan fingerprint density at radius 3 is 2.55 bits per heavy atom. The molecule has 0 aliphatic carbocycles. The lowest BCUT2D eigenvalue weighted by atomic mass is 10.1. The number of carbonyl (C=O) groups excluding carboxylic acids is 1. The normalized spacial score (nSPS) is 11.1. The number of hydrogen-bond donors (Lipinski definition) is 2. The Morgan fingerprint density at radius 2 is 1.77 bits per heavy atom. The predicted octanol–water partition coefficient (Wildman–Crippen LogP) is 3.74. The Balaban J connectivity index is 1.54. The Kier molecular flexibility index (Phi) is 8.61. The number of esters is 1. The summed E-state index contributed by atoms with van der Waals surface area (Å²) < 4.78 is 5.42. The molecule has 0 aliphatic heterocycles. The van der Waals surface area contributed by atoms with E-state index in [9.17, 15) is 4.79 Å². The van der Waals surface area contributed by atoms with Crippen LogP contribution < -0.4 is 10.6 Å². The lowest BCUT2D eigenvalue weighted by molar-refractivity contribution is 0.0472. The summed E-state index contributed by atoms with van der Waals surface area (Å²) in [6.07, 6.45) is 2.61. The van der Waals surface area contributed by atoms with Gasteiger partial charge in [0.2, 0.25) is 0 Å². The van der Waals surface area contributed by atoms with E-state index in [-0.39, 0.29) is 12.6 Å². The summed E-state index contributed by atoms with van der Waals surface area (Å²) >= 11 is 0. The van der Waals surface area contributed by atoms with E-state index in [0.29, 0.717) is 12.1 Å². The molecule has 160 valence electrons. The van der Waals surface area contributed by atoms with Crippen LogP contribution in [-0.2, 0) is 24.3 Å². The first-order valence-electron chi connectivity index (χ1n) is 10.5. The van der Waals surface area contributed by atoms with Crippen LogP contribution in [-0.4, -0.2) is 30.0 Å². The van der Waals surface area contributed by atoms with Crippen molar-refractivity contribution >= 4 is 11.9 Å². The van der Waals surface area contributed by atoms with Crippen molar-refractivity contribution in [1.29, 1.82) is 0 Å². The molecule has 0 bridgehead atoms. The lowest BCUT2D eigenvalue weighted by Gasteiger charge is -2.11. The molecule has 0 saturated heterocycles. The number of aromatic nitrogens is 1. The molecule has 3 rings (SSSR count). The maximum Gasteiger partial charge on any atom is 0.338 e. The maximum absolute atomic E-state index is 12.4. The number of hydrogen-bond acceptors (Lipinski definition) is 4. The number of nitrogens with zero attached hydrogens (tertiary/aromatic N) is 2. The topological polar surface area (TPSA) is 75.6 Å². The van der Waals surface area contributed by atoms with Gasteiger partial charge in [-0.1, -0.05) is 48.5 Å². The van der Waals surface area contributed by atoms with Crippen LogP contribution in [0, 0.1) is 0 Å². The van der Waals surface area contributed by atoms with Crippen LogP contribution in [0.4, 0.5) is 0 Å². The third-order valence-electron chi connectivity index (χ3n) is 4.54. The second kappa shape index (κ2) is 12.1. The number of ether oxygens (including phenoxy) is 1. The minimum absolute atomic E-state index is 0.257. The Bertz CT molecular complexity index is 975. The van der Waals surface area contributed by atoms with E-state index in [2.05, 4.69) is 20.6 Å². The highest BCUT2D eigenvalue weighted by atomic mass is 16.5. The second-order valence-corrected chi connectivity index (χ2v) is 6.96. The molecule has 31 heavy (non-hydrogen) atoms. The van der Waals surface area contributed by atoms with Crippen molar-refractivity contribution in [3.63, 3.8) is 0 Å². The molecule has 3 aromatic rings. The molecule has 0 fully saturated rings. The Hall–Kier alpha value is -3.67. The molecule has 0 amide bonds. The zero-order valence-corrected chi connectivity index (χ0v) is 17.8. The van der Waals surface area contributed by atoms with Gasteiger partial charge in [0, 0.05) is 31.4 Å². The molecule has 0 aliphatic rings. The van der Waals surface area contributed by atoms with Gasteiger partial charge in [0.25, 0.3) is 0 Å². The smallest absolute Gasteiger partial charge is 0.338 e. The number of carbonyl (C=O) groups is 1. The fourth-order valence-electron chi connectivity index (χ4n) is 2.97. The van der Waals surface area contributed by atoms with E-state index in [0.717, 1.165) is 42.3 Å². The molecular formula is C25H28N4O2. The largest absolute Gasteiger partial charge is 0.457 e. The van der Waals surface area contributed by atoms with Gasteiger partial charge in [-0.2, -0.15) is 0 Å².